The van der Waals surface area contributed by atoms with Crippen LogP contribution in [0.3, 0.4) is 0 Å². The van der Waals surface area contributed by atoms with Gasteiger partial charge in [-0.25, -0.2) is 13.1 Å². The SMILES string of the molecule is C=CS(=O)(=O)NC[C@H]1CCCN(C(=O)c2ccsc2)C1. The van der Waals surface area contributed by atoms with Gasteiger partial charge in [0.15, 0.2) is 0 Å². The zero-order chi connectivity index (χ0) is 14.6. The third kappa shape index (κ3) is 3.91. The molecule has 1 aromatic heterocycles. The first kappa shape index (κ1) is 15.2. The lowest BCUT2D eigenvalue weighted by Gasteiger charge is -2.32. The van der Waals surface area contributed by atoms with Gasteiger partial charge in [-0.1, -0.05) is 6.58 Å². The minimum Gasteiger partial charge on any atom is -0.338 e. The monoisotopic (exact) mass is 314 g/mol. The van der Waals surface area contributed by atoms with E-state index in [0.717, 1.165) is 24.8 Å². The number of hydrogen-bond acceptors (Lipinski definition) is 4. The maximum atomic E-state index is 12.2. The molecule has 7 heteroatoms. The van der Waals surface area contributed by atoms with Crippen molar-refractivity contribution >= 4 is 27.3 Å². The highest BCUT2D eigenvalue weighted by molar-refractivity contribution is 7.92. The third-order valence-electron chi connectivity index (χ3n) is 3.37. The Hall–Kier alpha value is -1.18. The van der Waals surface area contributed by atoms with Crippen molar-refractivity contribution in [1.29, 1.82) is 0 Å². The maximum absolute atomic E-state index is 12.2. The first-order valence-corrected chi connectivity index (χ1v) is 8.94. The Bertz CT molecular complexity index is 566. The fourth-order valence-corrected chi connectivity index (χ4v) is 3.49. The van der Waals surface area contributed by atoms with E-state index in [0.29, 0.717) is 18.7 Å². The van der Waals surface area contributed by atoms with Gasteiger partial charge in [-0.15, -0.1) is 0 Å². The van der Waals surface area contributed by atoms with Crippen LogP contribution in [0.4, 0.5) is 0 Å². The number of carbonyl (C=O) groups is 1. The summed E-state index contributed by atoms with van der Waals surface area (Å²) in [5, 5.41) is 4.63. The largest absolute Gasteiger partial charge is 0.338 e. The van der Waals surface area contributed by atoms with Crippen molar-refractivity contribution in [3.63, 3.8) is 0 Å². The van der Waals surface area contributed by atoms with E-state index in [2.05, 4.69) is 11.3 Å². The fraction of sp³-hybridized carbons (Fsp3) is 0.462. The van der Waals surface area contributed by atoms with Crippen LogP contribution in [0.25, 0.3) is 0 Å². The van der Waals surface area contributed by atoms with E-state index in [4.69, 9.17) is 0 Å². The summed E-state index contributed by atoms with van der Waals surface area (Å²) < 4.78 is 25.2. The van der Waals surface area contributed by atoms with Gasteiger partial charge in [0, 0.05) is 30.4 Å². The summed E-state index contributed by atoms with van der Waals surface area (Å²) in [5.74, 6) is 0.184. The Morgan fingerprint density at radius 3 is 3.05 bits per heavy atom. The third-order valence-corrected chi connectivity index (χ3v) is 5.06. The Labute approximate surface area is 123 Å². The lowest BCUT2D eigenvalue weighted by atomic mass is 9.98. The molecule has 0 spiro atoms. The Morgan fingerprint density at radius 2 is 2.40 bits per heavy atom. The molecule has 20 heavy (non-hydrogen) atoms. The number of carbonyl (C=O) groups excluding carboxylic acids is 1. The molecule has 1 fully saturated rings. The molecule has 0 unspecified atom stereocenters. The number of nitrogens with zero attached hydrogens (tertiary/aromatic N) is 1. The topological polar surface area (TPSA) is 66.5 Å². The summed E-state index contributed by atoms with van der Waals surface area (Å²) in [4.78, 5) is 14.0. The minimum absolute atomic E-state index is 0.0301. The average molecular weight is 314 g/mol. The Kier molecular flexibility index (Phi) is 4.95. The zero-order valence-corrected chi connectivity index (χ0v) is 12.8. The van der Waals surface area contributed by atoms with Crippen LogP contribution in [-0.4, -0.2) is 38.9 Å². The molecule has 2 heterocycles. The number of hydrogen-bond donors (Lipinski definition) is 1. The average Bonchev–Trinajstić information content (AvgIpc) is 2.99. The van der Waals surface area contributed by atoms with E-state index in [9.17, 15) is 13.2 Å². The molecule has 1 aliphatic heterocycles. The first-order chi connectivity index (χ1) is 9.52. The summed E-state index contributed by atoms with van der Waals surface area (Å²) >= 11 is 1.50. The van der Waals surface area contributed by atoms with Crippen molar-refractivity contribution in [2.24, 2.45) is 5.92 Å². The molecule has 1 N–H and O–H groups in total. The Morgan fingerprint density at radius 1 is 1.60 bits per heavy atom. The molecule has 0 bridgehead atoms. The van der Waals surface area contributed by atoms with Gasteiger partial charge in [0.1, 0.15) is 0 Å². The molecule has 5 nitrogen and oxygen atoms in total. The van der Waals surface area contributed by atoms with Gasteiger partial charge in [-0.2, -0.15) is 11.3 Å². The fourth-order valence-electron chi connectivity index (χ4n) is 2.28. The Balaban J connectivity index is 1.92. The van der Waals surface area contributed by atoms with Gasteiger partial charge in [0.2, 0.25) is 10.0 Å². The van der Waals surface area contributed by atoms with Gasteiger partial charge in [-0.3, -0.25) is 4.79 Å². The van der Waals surface area contributed by atoms with E-state index in [1.807, 2.05) is 16.8 Å². The first-order valence-electron chi connectivity index (χ1n) is 6.45. The molecular weight excluding hydrogens is 296 g/mol. The highest BCUT2D eigenvalue weighted by Gasteiger charge is 2.25. The molecule has 0 radical (unpaired) electrons. The quantitative estimate of drug-likeness (QED) is 0.899. The van der Waals surface area contributed by atoms with Crippen molar-refractivity contribution in [3.05, 3.63) is 34.4 Å². The van der Waals surface area contributed by atoms with E-state index in [-0.39, 0.29) is 11.8 Å². The van der Waals surface area contributed by atoms with Gasteiger partial charge < -0.3 is 4.90 Å². The van der Waals surface area contributed by atoms with E-state index in [1.54, 1.807) is 4.90 Å². The number of rotatable bonds is 5. The van der Waals surface area contributed by atoms with Crippen LogP contribution < -0.4 is 4.72 Å². The zero-order valence-electron chi connectivity index (χ0n) is 11.1. The second-order valence-electron chi connectivity index (χ2n) is 4.83. The van der Waals surface area contributed by atoms with Crippen LogP contribution in [0.1, 0.15) is 23.2 Å². The van der Waals surface area contributed by atoms with Crippen molar-refractivity contribution in [2.75, 3.05) is 19.6 Å². The summed E-state index contributed by atoms with van der Waals surface area (Å²) in [6.45, 7) is 4.94. The molecular formula is C13H18N2O3S2. The van der Waals surface area contributed by atoms with Crippen LogP contribution in [0.5, 0.6) is 0 Å². The molecule has 0 saturated carbocycles. The predicted molar refractivity (Wildman–Crippen MR) is 80.1 cm³/mol. The van der Waals surface area contributed by atoms with Crippen molar-refractivity contribution in [3.8, 4) is 0 Å². The van der Waals surface area contributed by atoms with Crippen LogP contribution in [0.15, 0.2) is 28.8 Å². The normalized spacial score (nSPS) is 19.8. The van der Waals surface area contributed by atoms with E-state index in [1.165, 1.54) is 11.3 Å². The maximum Gasteiger partial charge on any atom is 0.254 e. The predicted octanol–water partition coefficient (Wildman–Crippen LogP) is 1.66. The van der Waals surface area contributed by atoms with E-state index >= 15 is 0 Å². The number of likely N-dealkylation sites (tertiary alicyclic amines) is 1. The van der Waals surface area contributed by atoms with Gasteiger partial charge in [-0.05, 0) is 30.2 Å². The summed E-state index contributed by atoms with van der Waals surface area (Å²) in [6, 6.07) is 1.82. The number of sulfonamides is 1. The van der Waals surface area contributed by atoms with Crippen molar-refractivity contribution < 1.29 is 13.2 Å². The molecule has 0 aromatic carbocycles. The number of amides is 1. The number of nitrogens with one attached hydrogen (secondary N) is 1. The van der Waals surface area contributed by atoms with Crippen LogP contribution in [0, 0.1) is 5.92 Å². The van der Waals surface area contributed by atoms with Crippen molar-refractivity contribution in [2.45, 2.75) is 12.8 Å². The van der Waals surface area contributed by atoms with Crippen LogP contribution >= 0.6 is 11.3 Å². The lowest BCUT2D eigenvalue weighted by Crippen LogP contribution is -2.43. The molecule has 110 valence electrons. The molecule has 1 atom stereocenters. The highest BCUT2D eigenvalue weighted by Crippen LogP contribution is 2.19. The molecule has 1 amide bonds. The minimum atomic E-state index is -3.39. The standard InChI is InChI=1S/C13H18N2O3S2/c1-2-20(17,18)14-8-11-4-3-6-15(9-11)13(16)12-5-7-19-10-12/h2,5,7,10-11,14H,1,3-4,6,8-9H2/t11-/m1/s1. The van der Waals surface area contributed by atoms with E-state index < -0.39 is 10.0 Å². The molecule has 1 aliphatic rings. The van der Waals surface area contributed by atoms with Crippen molar-refractivity contribution in [1.82, 2.24) is 9.62 Å². The van der Waals surface area contributed by atoms with Gasteiger partial charge >= 0.3 is 0 Å². The summed E-state index contributed by atoms with van der Waals surface area (Å²) in [5.41, 5.74) is 0.710. The molecule has 2 rings (SSSR count). The summed E-state index contributed by atoms with van der Waals surface area (Å²) in [6.07, 6.45) is 1.82. The second kappa shape index (κ2) is 6.51. The second-order valence-corrected chi connectivity index (χ2v) is 7.32. The molecule has 1 saturated heterocycles. The molecule has 0 aliphatic carbocycles. The lowest BCUT2D eigenvalue weighted by molar-refractivity contribution is 0.0677. The smallest absolute Gasteiger partial charge is 0.254 e. The van der Waals surface area contributed by atoms with Gasteiger partial charge in [0.05, 0.1) is 5.56 Å². The summed E-state index contributed by atoms with van der Waals surface area (Å²) in [7, 11) is -3.39. The number of piperidine rings is 1. The van der Waals surface area contributed by atoms with Crippen LogP contribution in [-0.2, 0) is 10.0 Å². The van der Waals surface area contributed by atoms with Crippen LogP contribution in [0.2, 0.25) is 0 Å². The number of thiophene rings is 1. The molecule has 1 aromatic rings. The highest BCUT2D eigenvalue weighted by atomic mass is 32.2. The van der Waals surface area contributed by atoms with Gasteiger partial charge in [0.25, 0.3) is 5.91 Å².